The van der Waals surface area contributed by atoms with Crippen molar-refractivity contribution in [2.45, 2.75) is 59.3 Å². The van der Waals surface area contributed by atoms with Crippen molar-refractivity contribution < 1.29 is 29.0 Å². The number of imide groups is 1. The van der Waals surface area contributed by atoms with Crippen LogP contribution < -0.4 is 10.2 Å². The summed E-state index contributed by atoms with van der Waals surface area (Å²) >= 11 is 1.30. The first kappa shape index (κ1) is 25.8. The lowest BCUT2D eigenvalue weighted by molar-refractivity contribution is 0.0429. The summed E-state index contributed by atoms with van der Waals surface area (Å²) in [5.41, 5.74) is -0.517. The van der Waals surface area contributed by atoms with Crippen molar-refractivity contribution in [3.63, 3.8) is 0 Å². The summed E-state index contributed by atoms with van der Waals surface area (Å²) in [7, 11) is 0. The second kappa shape index (κ2) is 9.82. The maximum Gasteiger partial charge on any atom is 0.425 e. The topological polar surface area (TPSA) is 144 Å². The summed E-state index contributed by atoms with van der Waals surface area (Å²) in [6.45, 7) is 10.2. The molecule has 0 radical (unpaired) electrons. The molecular formula is C23H27N5O6S. The molecule has 0 bridgehead atoms. The molecule has 0 aliphatic carbocycles. The van der Waals surface area contributed by atoms with Gasteiger partial charge < -0.3 is 19.9 Å². The quantitative estimate of drug-likeness (QED) is 0.493. The molecule has 2 heterocycles. The molecule has 35 heavy (non-hydrogen) atoms. The van der Waals surface area contributed by atoms with Gasteiger partial charge in [0.1, 0.15) is 22.5 Å². The number of fused-ring (bicyclic) bond motifs is 1. The van der Waals surface area contributed by atoms with Crippen LogP contribution >= 0.6 is 11.3 Å². The summed E-state index contributed by atoms with van der Waals surface area (Å²) in [4.78, 5) is 51.2. The normalized spacial score (nSPS) is 11.7. The summed E-state index contributed by atoms with van der Waals surface area (Å²) < 4.78 is 10.9. The predicted molar refractivity (Wildman–Crippen MR) is 130 cm³/mol. The Morgan fingerprint density at radius 1 is 1.00 bits per heavy atom. The lowest BCUT2D eigenvalue weighted by Crippen LogP contribution is -2.44. The van der Waals surface area contributed by atoms with Crippen LogP contribution in [0, 0.1) is 0 Å². The van der Waals surface area contributed by atoms with Crippen molar-refractivity contribution in [1.29, 1.82) is 0 Å². The van der Waals surface area contributed by atoms with Crippen LogP contribution in [-0.2, 0) is 16.0 Å². The SMILES string of the molecule is CC(C)(C)OC(=O)N(C(=O)OC(C)(C)C)c1ncnc2ccc(-c3cnc(CNC(=O)O)s3)cc12. The van der Waals surface area contributed by atoms with Crippen LogP contribution in [0.4, 0.5) is 20.2 Å². The van der Waals surface area contributed by atoms with Crippen LogP contribution in [-0.4, -0.2) is 49.5 Å². The van der Waals surface area contributed by atoms with Gasteiger partial charge in [-0.05, 0) is 59.2 Å². The van der Waals surface area contributed by atoms with E-state index in [1.54, 1.807) is 59.9 Å². The fraction of sp³-hybridized carbons (Fsp3) is 0.391. The van der Waals surface area contributed by atoms with E-state index in [9.17, 15) is 14.4 Å². The summed E-state index contributed by atoms with van der Waals surface area (Å²) in [5, 5.41) is 12.1. The van der Waals surface area contributed by atoms with Crippen molar-refractivity contribution in [3.8, 4) is 10.4 Å². The molecule has 2 aromatic heterocycles. The van der Waals surface area contributed by atoms with E-state index in [-0.39, 0.29) is 12.4 Å². The van der Waals surface area contributed by atoms with E-state index >= 15 is 0 Å². The third-order valence-electron chi connectivity index (χ3n) is 4.21. The molecule has 3 amide bonds. The summed E-state index contributed by atoms with van der Waals surface area (Å²) in [6, 6.07) is 5.27. The zero-order valence-corrected chi connectivity index (χ0v) is 21.1. The molecule has 1 aromatic carbocycles. The molecule has 0 aliphatic rings. The number of carbonyl (C=O) groups excluding carboxylic acids is 2. The van der Waals surface area contributed by atoms with Gasteiger partial charge in [-0.3, -0.25) is 0 Å². The highest BCUT2D eigenvalue weighted by atomic mass is 32.1. The highest BCUT2D eigenvalue weighted by Crippen LogP contribution is 2.33. The monoisotopic (exact) mass is 501 g/mol. The van der Waals surface area contributed by atoms with Crippen LogP contribution in [0.15, 0.2) is 30.7 Å². The number of hydrogen-bond donors (Lipinski definition) is 2. The highest BCUT2D eigenvalue weighted by molar-refractivity contribution is 7.15. The van der Waals surface area contributed by atoms with Gasteiger partial charge in [0, 0.05) is 11.6 Å². The standard InChI is InChI=1S/C23H27N5O6S/c1-22(2,3)33-20(31)28(21(32)34-23(4,5)6)18-14-9-13(7-8-15(14)26-12-27-18)16-10-24-17(35-16)11-25-19(29)30/h7-10,12,25H,11H2,1-6H3,(H,29,30). The number of carbonyl (C=O) groups is 3. The summed E-state index contributed by atoms with van der Waals surface area (Å²) in [5.74, 6) is 0.0117. The van der Waals surface area contributed by atoms with Crippen LogP contribution in [0.1, 0.15) is 46.6 Å². The lowest BCUT2D eigenvalue weighted by Gasteiger charge is -2.28. The minimum atomic E-state index is -1.14. The number of nitrogens with zero attached hydrogens (tertiary/aromatic N) is 4. The van der Waals surface area contributed by atoms with Crippen molar-refractivity contribution in [2.24, 2.45) is 0 Å². The molecular weight excluding hydrogens is 474 g/mol. The average molecular weight is 502 g/mol. The van der Waals surface area contributed by atoms with Crippen molar-refractivity contribution in [1.82, 2.24) is 20.3 Å². The van der Waals surface area contributed by atoms with Crippen LogP contribution in [0.3, 0.4) is 0 Å². The van der Waals surface area contributed by atoms with Gasteiger partial charge in [0.25, 0.3) is 0 Å². The van der Waals surface area contributed by atoms with Gasteiger partial charge in [0.2, 0.25) is 0 Å². The van der Waals surface area contributed by atoms with Gasteiger partial charge in [-0.25, -0.2) is 29.3 Å². The Labute approximate surface area is 206 Å². The Morgan fingerprint density at radius 2 is 1.63 bits per heavy atom. The minimum absolute atomic E-state index is 0.0117. The first-order valence-corrected chi connectivity index (χ1v) is 11.5. The van der Waals surface area contributed by atoms with E-state index < -0.39 is 29.5 Å². The van der Waals surface area contributed by atoms with Gasteiger partial charge in [-0.1, -0.05) is 6.07 Å². The van der Waals surface area contributed by atoms with E-state index in [2.05, 4.69) is 20.3 Å². The molecule has 0 saturated heterocycles. The van der Waals surface area contributed by atoms with Gasteiger partial charge in [-0.2, -0.15) is 4.90 Å². The molecule has 186 valence electrons. The second-order valence-corrected chi connectivity index (χ2v) is 10.6. The molecule has 0 atom stereocenters. The van der Waals surface area contributed by atoms with E-state index in [1.165, 1.54) is 17.7 Å². The van der Waals surface area contributed by atoms with E-state index in [1.807, 2.05) is 6.07 Å². The molecule has 0 fully saturated rings. The molecule has 2 N–H and O–H groups in total. The summed E-state index contributed by atoms with van der Waals surface area (Å²) in [6.07, 6.45) is -0.137. The highest BCUT2D eigenvalue weighted by Gasteiger charge is 2.34. The fourth-order valence-corrected chi connectivity index (χ4v) is 3.77. The van der Waals surface area contributed by atoms with Crippen LogP contribution in [0.5, 0.6) is 0 Å². The Bertz CT molecular complexity index is 1230. The molecule has 0 aliphatic heterocycles. The van der Waals surface area contributed by atoms with Gasteiger partial charge >= 0.3 is 18.3 Å². The van der Waals surface area contributed by atoms with Crippen LogP contribution in [0.2, 0.25) is 0 Å². The molecule has 3 rings (SSSR count). The van der Waals surface area contributed by atoms with Gasteiger partial charge in [0.15, 0.2) is 5.82 Å². The third-order valence-corrected chi connectivity index (χ3v) is 5.25. The number of benzene rings is 1. The number of anilines is 1. The third kappa shape index (κ3) is 6.85. The zero-order chi connectivity index (χ0) is 26.0. The number of nitrogens with one attached hydrogen (secondary N) is 1. The first-order valence-electron chi connectivity index (χ1n) is 10.7. The first-order chi connectivity index (χ1) is 16.2. The molecule has 12 heteroatoms. The maximum atomic E-state index is 13.1. The number of hydrogen-bond acceptors (Lipinski definition) is 9. The number of carboxylic acid groups (broad SMARTS) is 1. The molecule has 11 nitrogen and oxygen atoms in total. The van der Waals surface area contributed by atoms with E-state index in [4.69, 9.17) is 14.6 Å². The lowest BCUT2D eigenvalue weighted by atomic mass is 10.1. The van der Waals surface area contributed by atoms with Crippen molar-refractivity contribution >= 4 is 46.3 Å². The van der Waals surface area contributed by atoms with Crippen LogP contribution in [0.25, 0.3) is 21.3 Å². The number of ether oxygens (including phenoxy) is 2. The molecule has 0 spiro atoms. The largest absolute Gasteiger partial charge is 0.465 e. The van der Waals surface area contributed by atoms with Gasteiger partial charge in [0.05, 0.1) is 16.9 Å². The number of amides is 3. The van der Waals surface area contributed by atoms with Gasteiger partial charge in [-0.15, -0.1) is 11.3 Å². The zero-order valence-electron chi connectivity index (χ0n) is 20.3. The Morgan fingerprint density at radius 3 is 2.20 bits per heavy atom. The predicted octanol–water partition coefficient (Wildman–Crippen LogP) is 5.20. The second-order valence-electron chi connectivity index (χ2n) is 9.50. The fourth-order valence-electron chi connectivity index (χ4n) is 2.91. The van der Waals surface area contributed by atoms with Crippen molar-refractivity contribution in [3.05, 3.63) is 35.7 Å². The maximum absolute atomic E-state index is 13.1. The molecule has 0 unspecified atom stereocenters. The smallest absolute Gasteiger partial charge is 0.425 e. The Hall–Kier alpha value is -3.80. The Balaban J connectivity index is 2.08. The van der Waals surface area contributed by atoms with E-state index in [0.717, 1.165) is 15.3 Å². The molecule has 0 saturated carbocycles. The number of thiazole rings is 1. The average Bonchev–Trinajstić information content (AvgIpc) is 3.19. The molecule has 3 aromatic rings. The number of aromatic nitrogens is 3. The minimum Gasteiger partial charge on any atom is -0.465 e. The number of rotatable bonds is 4. The Kier molecular flexibility index (Phi) is 7.25. The van der Waals surface area contributed by atoms with E-state index in [0.29, 0.717) is 15.9 Å². The van der Waals surface area contributed by atoms with Crippen molar-refractivity contribution in [2.75, 3.05) is 4.90 Å².